The Labute approximate surface area is 164 Å². The first kappa shape index (κ1) is 18.0. The fraction of sp³-hybridized carbons (Fsp3) is 0.333. The molecular formula is C21H23N7. The van der Waals surface area contributed by atoms with Crippen LogP contribution in [0.3, 0.4) is 0 Å². The average Bonchev–Trinajstić information content (AvgIpc) is 2.92. The minimum absolute atomic E-state index is 0.724. The van der Waals surface area contributed by atoms with Crippen LogP contribution < -0.4 is 9.80 Å². The highest BCUT2D eigenvalue weighted by Gasteiger charge is 2.19. The Morgan fingerprint density at radius 2 is 1.71 bits per heavy atom. The summed E-state index contributed by atoms with van der Waals surface area (Å²) in [6.45, 7) is 7.48. The zero-order chi connectivity index (χ0) is 19.5. The lowest BCUT2D eigenvalue weighted by molar-refractivity contribution is 0.767. The molecule has 0 unspecified atom stereocenters. The second-order valence-electron chi connectivity index (χ2n) is 7.03. The van der Waals surface area contributed by atoms with Crippen molar-refractivity contribution in [3.8, 4) is 11.9 Å². The van der Waals surface area contributed by atoms with E-state index in [1.54, 1.807) is 6.20 Å². The Morgan fingerprint density at radius 3 is 2.50 bits per heavy atom. The summed E-state index contributed by atoms with van der Waals surface area (Å²) in [5, 5.41) is 13.9. The third-order valence-corrected chi connectivity index (χ3v) is 5.02. The van der Waals surface area contributed by atoms with Gasteiger partial charge in [0.1, 0.15) is 11.9 Å². The molecule has 0 aliphatic carbocycles. The molecule has 4 rings (SSSR count). The number of para-hydroxylation sites is 1. The van der Waals surface area contributed by atoms with Crippen molar-refractivity contribution in [3.63, 3.8) is 0 Å². The van der Waals surface area contributed by atoms with Gasteiger partial charge in [-0.25, -0.2) is 9.67 Å². The van der Waals surface area contributed by atoms with Crippen molar-refractivity contribution >= 4 is 11.5 Å². The maximum atomic E-state index is 9.40. The Kier molecular flexibility index (Phi) is 4.94. The molecule has 0 N–H and O–H groups in total. The van der Waals surface area contributed by atoms with Crippen LogP contribution in [0.1, 0.15) is 23.4 Å². The van der Waals surface area contributed by atoms with Crippen LogP contribution in [0.4, 0.5) is 11.5 Å². The molecule has 7 heteroatoms. The van der Waals surface area contributed by atoms with E-state index in [9.17, 15) is 5.26 Å². The van der Waals surface area contributed by atoms with E-state index in [0.717, 1.165) is 66.9 Å². The molecule has 3 aromatic rings. The first-order valence-corrected chi connectivity index (χ1v) is 9.50. The summed E-state index contributed by atoms with van der Waals surface area (Å²) in [5.74, 6) is 1.60. The van der Waals surface area contributed by atoms with E-state index in [0.29, 0.717) is 0 Å². The molecule has 1 fully saturated rings. The van der Waals surface area contributed by atoms with Gasteiger partial charge in [0.2, 0.25) is 0 Å². The van der Waals surface area contributed by atoms with Gasteiger partial charge in [-0.05, 0) is 38.5 Å². The molecule has 0 spiro atoms. The third-order valence-electron chi connectivity index (χ3n) is 5.02. The molecule has 1 aliphatic rings. The number of hydrogen-bond acceptors (Lipinski definition) is 6. The van der Waals surface area contributed by atoms with Crippen molar-refractivity contribution in [2.75, 3.05) is 36.0 Å². The SMILES string of the molecule is Cc1cc(C)n(-c2cncc(N3CCCN(c4ccccc4C#N)CC3)n2)n1. The van der Waals surface area contributed by atoms with Crippen LogP contribution in [-0.4, -0.2) is 45.9 Å². The molecular weight excluding hydrogens is 350 g/mol. The lowest BCUT2D eigenvalue weighted by Crippen LogP contribution is -2.31. The van der Waals surface area contributed by atoms with Crippen LogP contribution in [0.15, 0.2) is 42.7 Å². The molecule has 0 radical (unpaired) electrons. The smallest absolute Gasteiger partial charge is 0.174 e. The maximum absolute atomic E-state index is 9.40. The Hall–Kier alpha value is -3.40. The molecule has 142 valence electrons. The summed E-state index contributed by atoms with van der Waals surface area (Å²) in [4.78, 5) is 13.8. The van der Waals surface area contributed by atoms with Gasteiger partial charge >= 0.3 is 0 Å². The molecule has 0 bridgehead atoms. The number of aryl methyl sites for hydroxylation is 2. The Balaban J connectivity index is 1.54. The van der Waals surface area contributed by atoms with Crippen molar-refractivity contribution in [1.82, 2.24) is 19.7 Å². The van der Waals surface area contributed by atoms with E-state index in [1.165, 1.54) is 0 Å². The summed E-state index contributed by atoms with van der Waals surface area (Å²) >= 11 is 0. The summed E-state index contributed by atoms with van der Waals surface area (Å²) in [7, 11) is 0. The number of hydrogen-bond donors (Lipinski definition) is 0. The number of benzene rings is 1. The van der Waals surface area contributed by atoms with E-state index < -0.39 is 0 Å². The number of anilines is 2. The van der Waals surface area contributed by atoms with Crippen molar-refractivity contribution in [2.24, 2.45) is 0 Å². The summed E-state index contributed by atoms with van der Waals surface area (Å²) in [5.41, 5.74) is 3.74. The van der Waals surface area contributed by atoms with Crippen LogP contribution in [-0.2, 0) is 0 Å². The second kappa shape index (κ2) is 7.69. The van der Waals surface area contributed by atoms with Gasteiger partial charge in [-0.3, -0.25) is 4.98 Å². The Bertz CT molecular complexity index is 1020. The quantitative estimate of drug-likeness (QED) is 0.703. The first-order chi connectivity index (χ1) is 13.7. The van der Waals surface area contributed by atoms with Crippen molar-refractivity contribution < 1.29 is 0 Å². The summed E-state index contributed by atoms with van der Waals surface area (Å²) in [6, 6.07) is 12.1. The van der Waals surface area contributed by atoms with Crippen LogP contribution in [0.5, 0.6) is 0 Å². The van der Waals surface area contributed by atoms with Gasteiger partial charge in [-0.1, -0.05) is 12.1 Å². The molecule has 1 saturated heterocycles. The topological polar surface area (TPSA) is 73.9 Å². The normalized spacial score (nSPS) is 14.6. The number of aromatic nitrogens is 4. The van der Waals surface area contributed by atoms with Gasteiger partial charge in [0.25, 0.3) is 0 Å². The fourth-order valence-electron chi connectivity index (χ4n) is 3.69. The lowest BCUT2D eigenvalue weighted by Gasteiger charge is -2.25. The van der Waals surface area contributed by atoms with Crippen LogP contribution in [0, 0.1) is 25.2 Å². The monoisotopic (exact) mass is 373 g/mol. The van der Waals surface area contributed by atoms with E-state index in [2.05, 4.69) is 26.0 Å². The van der Waals surface area contributed by atoms with Crippen molar-refractivity contribution in [1.29, 1.82) is 5.26 Å². The molecule has 1 aliphatic heterocycles. The first-order valence-electron chi connectivity index (χ1n) is 9.50. The number of nitriles is 1. The van der Waals surface area contributed by atoms with E-state index in [-0.39, 0.29) is 0 Å². The highest BCUT2D eigenvalue weighted by atomic mass is 15.3. The predicted octanol–water partition coefficient (Wildman–Crippen LogP) is 2.87. The average molecular weight is 373 g/mol. The van der Waals surface area contributed by atoms with Gasteiger partial charge in [-0.2, -0.15) is 10.4 Å². The predicted molar refractivity (Wildman–Crippen MR) is 109 cm³/mol. The van der Waals surface area contributed by atoms with Crippen molar-refractivity contribution in [2.45, 2.75) is 20.3 Å². The minimum Gasteiger partial charge on any atom is -0.369 e. The van der Waals surface area contributed by atoms with Crippen LogP contribution in [0.2, 0.25) is 0 Å². The largest absolute Gasteiger partial charge is 0.369 e. The highest BCUT2D eigenvalue weighted by Crippen LogP contribution is 2.23. The number of nitrogens with zero attached hydrogens (tertiary/aromatic N) is 7. The number of rotatable bonds is 3. The standard InChI is InChI=1S/C21H23N7/c1-16-12-17(2)28(25-16)21-15-23-14-20(24-21)27-9-5-8-26(10-11-27)19-7-4-3-6-18(19)13-22/h3-4,6-7,12,14-15H,5,8-11H2,1-2H3. The molecule has 1 aromatic carbocycles. The van der Waals surface area contributed by atoms with Crippen LogP contribution >= 0.6 is 0 Å². The molecule has 28 heavy (non-hydrogen) atoms. The molecule has 2 aromatic heterocycles. The third kappa shape index (κ3) is 3.54. The highest BCUT2D eigenvalue weighted by molar-refractivity contribution is 5.59. The van der Waals surface area contributed by atoms with E-state index in [1.807, 2.05) is 55.1 Å². The van der Waals surface area contributed by atoms with Crippen molar-refractivity contribution in [3.05, 3.63) is 59.7 Å². The zero-order valence-corrected chi connectivity index (χ0v) is 16.2. The van der Waals surface area contributed by atoms with Gasteiger partial charge in [-0.15, -0.1) is 0 Å². The van der Waals surface area contributed by atoms with E-state index in [4.69, 9.17) is 4.98 Å². The zero-order valence-electron chi connectivity index (χ0n) is 16.2. The molecule has 3 heterocycles. The van der Waals surface area contributed by atoms with E-state index >= 15 is 0 Å². The summed E-state index contributed by atoms with van der Waals surface area (Å²) in [6.07, 6.45) is 4.55. The summed E-state index contributed by atoms with van der Waals surface area (Å²) < 4.78 is 1.83. The molecule has 0 atom stereocenters. The second-order valence-corrected chi connectivity index (χ2v) is 7.03. The molecule has 7 nitrogen and oxygen atoms in total. The maximum Gasteiger partial charge on any atom is 0.174 e. The molecule has 0 amide bonds. The van der Waals surface area contributed by atoms with Gasteiger partial charge < -0.3 is 9.80 Å². The molecule has 0 saturated carbocycles. The van der Waals surface area contributed by atoms with Gasteiger partial charge in [0.05, 0.1) is 29.3 Å². The van der Waals surface area contributed by atoms with Crippen LogP contribution in [0.25, 0.3) is 5.82 Å². The minimum atomic E-state index is 0.724. The van der Waals surface area contributed by atoms with Gasteiger partial charge in [0.15, 0.2) is 5.82 Å². The lowest BCUT2D eigenvalue weighted by atomic mass is 10.1. The Morgan fingerprint density at radius 1 is 0.964 bits per heavy atom. The van der Waals surface area contributed by atoms with Gasteiger partial charge in [0, 0.05) is 31.9 Å². The fourth-order valence-corrected chi connectivity index (χ4v) is 3.69.